The molecule has 0 atom stereocenters. The highest BCUT2D eigenvalue weighted by Gasteiger charge is 2.22. The van der Waals surface area contributed by atoms with Gasteiger partial charge in [-0.25, -0.2) is 4.98 Å². The SMILES string of the molecule is CN(C)C(=O)CN1CCC(Nc2ncc(C(N)=O)cc2Cl)CC1. The summed E-state index contributed by atoms with van der Waals surface area (Å²) in [6, 6.07) is 1.76. The molecule has 1 fully saturated rings. The van der Waals surface area contributed by atoms with Crippen molar-refractivity contribution in [3.8, 4) is 0 Å². The van der Waals surface area contributed by atoms with Gasteiger partial charge in [-0.2, -0.15) is 0 Å². The number of rotatable bonds is 5. The largest absolute Gasteiger partial charge is 0.366 e. The molecule has 2 amide bonds. The Morgan fingerprint density at radius 2 is 2.09 bits per heavy atom. The highest BCUT2D eigenvalue weighted by atomic mass is 35.5. The minimum atomic E-state index is -0.551. The fourth-order valence-electron chi connectivity index (χ4n) is 2.44. The highest BCUT2D eigenvalue weighted by molar-refractivity contribution is 6.33. The summed E-state index contributed by atoms with van der Waals surface area (Å²) in [6.07, 6.45) is 3.22. The zero-order valence-electron chi connectivity index (χ0n) is 13.4. The minimum absolute atomic E-state index is 0.114. The summed E-state index contributed by atoms with van der Waals surface area (Å²) in [7, 11) is 3.53. The van der Waals surface area contributed by atoms with Crippen molar-refractivity contribution >= 4 is 29.2 Å². The van der Waals surface area contributed by atoms with Crippen molar-refractivity contribution in [2.24, 2.45) is 5.73 Å². The van der Waals surface area contributed by atoms with E-state index in [1.54, 1.807) is 19.0 Å². The summed E-state index contributed by atoms with van der Waals surface area (Å²) in [5.41, 5.74) is 5.49. The number of pyridine rings is 1. The molecule has 0 radical (unpaired) electrons. The summed E-state index contributed by atoms with van der Waals surface area (Å²) in [4.78, 5) is 30.7. The van der Waals surface area contributed by atoms with Gasteiger partial charge in [-0.15, -0.1) is 0 Å². The van der Waals surface area contributed by atoms with Crippen LogP contribution in [-0.2, 0) is 4.79 Å². The average Bonchev–Trinajstić information content (AvgIpc) is 2.50. The van der Waals surface area contributed by atoms with Crippen LogP contribution >= 0.6 is 11.6 Å². The number of carbonyl (C=O) groups is 2. The normalized spacial score (nSPS) is 16.1. The predicted octanol–water partition coefficient (Wildman–Crippen LogP) is 0.798. The monoisotopic (exact) mass is 339 g/mol. The molecule has 2 heterocycles. The van der Waals surface area contributed by atoms with Gasteiger partial charge in [0.15, 0.2) is 0 Å². The molecule has 0 aromatic carbocycles. The Hall–Kier alpha value is -1.86. The molecule has 126 valence electrons. The first kappa shape index (κ1) is 17.5. The third-order valence-electron chi connectivity index (χ3n) is 3.91. The molecule has 1 aromatic rings. The fourth-order valence-corrected chi connectivity index (χ4v) is 2.66. The highest BCUT2D eigenvalue weighted by Crippen LogP contribution is 2.23. The van der Waals surface area contributed by atoms with E-state index >= 15 is 0 Å². The number of halogens is 1. The van der Waals surface area contributed by atoms with Gasteiger partial charge < -0.3 is 16.0 Å². The number of anilines is 1. The van der Waals surface area contributed by atoms with Gasteiger partial charge in [0.1, 0.15) is 5.82 Å². The lowest BCUT2D eigenvalue weighted by Crippen LogP contribution is -2.44. The van der Waals surface area contributed by atoms with Crippen molar-refractivity contribution in [1.29, 1.82) is 0 Å². The Morgan fingerprint density at radius 3 is 2.61 bits per heavy atom. The van der Waals surface area contributed by atoms with Crippen molar-refractivity contribution < 1.29 is 9.59 Å². The first-order valence-corrected chi connectivity index (χ1v) is 7.89. The first-order valence-electron chi connectivity index (χ1n) is 7.51. The molecule has 0 unspecified atom stereocenters. The third kappa shape index (κ3) is 4.80. The maximum atomic E-state index is 11.7. The number of likely N-dealkylation sites (N-methyl/N-ethyl adjacent to an activating group) is 1. The zero-order valence-corrected chi connectivity index (χ0v) is 14.1. The van der Waals surface area contributed by atoms with E-state index in [-0.39, 0.29) is 17.5 Å². The molecule has 3 N–H and O–H groups in total. The number of nitrogens with two attached hydrogens (primary N) is 1. The third-order valence-corrected chi connectivity index (χ3v) is 4.20. The average molecular weight is 340 g/mol. The van der Waals surface area contributed by atoms with Crippen LogP contribution in [-0.4, -0.2) is 66.4 Å². The minimum Gasteiger partial charge on any atom is -0.366 e. The summed E-state index contributed by atoms with van der Waals surface area (Å²) >= 11 is 6.13. The second kappa shape index (κ2) is 7.61. The smallest absolute Gasteiger partial charge is 0.250 e. The lowest BCUT2D eigenvalue weighted by Gasteiger charge is -2.32. The lowest BCUT2D eigenvalue weighted by atomic mass is 10.0. The van der Waals surface area contributed by atoms with Crippen LogP contribution in [0.2, 0.25) is 5.02 Å². The van der Waals surface area contributed by atoms with E-state index in [2.05, 4.69) is 15.2 Å². The van der Waals surface area contributed by atoms with E-state index < -0.39 is 5.91 Å². The Bertz CT molecular complexity index is 585. The van der Waals surface area contributed by atoms with Gasteiger partial charge in [0, 0.05) is 39.4 Å². The Balaban J connectivity index is 1.87. The Labute approximate surface area is 140 Å². The standard InChI is InChI=1S/C15H22ClN5O2/c1-20(2)13(22)9-21-5-3-11(4-6-21)19-15-12(16)7-10(8-18-15)14(17)23/h7-8,11H,3-6,9H2,1-2H3,(H2,17,23)(H,18,19). The molecule has 1 saturated heterocycles. The molecular formula is C15H22ClN5O2. The van der Waals surface area contributed by atoms with Crippen LogP contribution in [0.3, 0.4) is 0 Å². The number of carbonyl (C=O) groups excluding carboxylic acids is 2. The van der Waals surface area contributed by atoms with E-state index in [1.807, 2.05) is 0 Å². The molecule has 7 nitrogen and oxygen atoms in total. The summed E-state index contributed by atoms with van der Waals surface area (Å²) in [6.45, 7) is 2.13. The maximum Gasteiger partial charge on any atom is 0.250 e. The molecule has 23 heavy (non-hydrogen) atoms. The second-order valence-electron chi connectivity index (χ2n) is 5.90. The van der Waals surface area contributed by atoms with Crippen LogP contribution in [0.1, 0.15) is 23.2 Å². The van der Waals surface area contributed by atoms with Crippen molar-refractivity contribution in [2.45, 2.75) is 18.9 Å². The van der Waals surface area contributed by atoms with Gasteiger partial charge in [0.05, 0.1) is 17.1 Å². The molecule has 0 aliphatic carbocycles. The number of piperidine rings is 1. The molecule has 0 bridgehead atoms. The number of hydrogen-bond donors (Lipinski definition) is 2. The molecule has 8 heteroatoms. The van der Waals surface area contributed by atoms with Gasteiger partial charge in [0.25, 0.3) is 0 Å². The molecule has 2 rings (SSSR count). The lowest BCUT2D eigenvalue weighted by molar-refractivity contribution is -0.130. The molecular weight excluding hydrogens is 318 g/mol. The van der Waals surface area contributed by atoms with Crippen molar-refractivity contribution in [2.75, 3.05) is 39.0 Å². The second-order valence-corrected chi connectivity index (χ2v) is 6.31. The topological polar surface area (TPSA) is 91.6 Å². The Kier molecular flexibility index (Phi) is 5.79. The number of hydrogen-bond acceptors (Lipinski definition) is 5. The summed E-state index contributed by atoms with van der Waals surface area (Å²) in [5, 5.41) is 3.68. The predicted molar refractivity (Wildman–Crippen MR) is 89.5 cm³/mol. The van der Waals surface area contributed by atoms with Crippen molar-refractivity contribution in [3.05, 3.63) is 22.8 Å². The number of nitrogens with zero attached hydrogens (tertiary/aromatic N) is 3. The van der Waals surface area contributed by atoms with Crippen LogP contribution in [0.4, 0.5) is 5.82 Å². The fraction of sp³-hybridized carbons (Fsp3) is 0.533. The molecule has 1 aliphatic heterocycles. The molecule has 1 aromatic heterocycles. The van der Waals surface area contributed by atoms with Gasteiger partial charge in [-0.05, 0) is 18.9 Å². The number of primary amides is 1. The molecule has 1 aliphatic rings. The van der Waals surface area contributed by atoms with Gasteiger partial charge in [0.2, 0.25) is 11.8 Å². The number of nitrogens with one attached hydrogen (secondary N) is 1. The van der Waals surface area contributed by atoms with Gasteiger partial charge >= 0.3 is 0 Å². The maximum absolute atomic E-state index is 11.7. The van der Waals surface area contributed by atoms with E-state index in [9.17, 15) is 9.59 Å². The summed E-state index contributed by atoms with van der Waals surface area (Å²) < 4.78 is 0. The Morgan fingerprint density at radius 1 is 1.43 bits per heavy atom. The first-order chi connectivity index (χ1) is 10.9. The van der Waals surface area contributed by atoms with Gasteiger partial charge in [-0.1, -0.05) is 11.6 Å². The molecule has 0 saturated carbocycles. The van der Waals surface area contributed by atoms with E-state index in [0.717, 1.165) is 25.9 Å². The molecule has 0 spiro atoms. The zero-order chi connectivity index (χ0) is 17.0. The van der Waals surface area contributed by atoms with Crippen molar-refractivity contribution in [3.63, 3.8) is 0 Å². The van der Waals surface area contributed by atoms with Crippen molar-refractivity contribution in [1.82, 2.24) is 14.8 Å². The van der Waals surface area contributed by atoms with Crippen LogP contribution < -0.4 is 11.1 Å². The van der Waals surface area contributed by atoms with Crippen LogP contribution in [0.25, 0.3) is 0 Å². The van der Waals surface area contributed by atoms with Crippen LogP contribution in [0.15, 0.2) is 12.3 Å². The summed E-state index contributed by atoms with van der Waals surface area (Å²) in [5.74, 6) is 0.118. The van der Waals surface area contributed by atoms with E-state index in [4.69, 9.17) is 17.3 Å². The number of aromatic nitrogens is 1. The van der Waals surface area contributed by atoms with Crippen LogP contribution in [0.5, 0.6) is 0 Å². The van der Waals surface area contributed by atoms with Gasteiger partial charge in [-0.3, -0.25) is 14.5 Å². The quantitative estimate of drug-likeness (QED) is 0.828. The number of amides is 2. The number of likely N-dealkylation sites (tertiary alicyclic amines) is 1. The van der Waals surface area contributed by atoms with E-state index in [1.165, 1.54) is 12.3 Å². The van der Waals surface area contributed by atoms with E-state index in [0.29, 0.717) is 17.4 Å². The van der Waals surface area contributed by atoms with Crippen LogP contribution in [0, 0.1) is 0 Å².